The highest BCUT2D eigenvalue weighted by atomic mass is 16.6. The van der Waals surface area contributed by atoms with E-state index in [1.54, 1.807) is 14.2 Å². The van der Waals surface area contributed by atoms with E-state index in [0.717, 1.165) is 36.5 Å². The zero-order chi connectivity index (χ0) is 13.5. The summed E-state index contributed by atoms with van der Waals surface area (Å²) < 4.78 is 16.7. The van der Waals surface area contributed by atoms with Gasteiger partial charge in [-0.3, -0.25) is 0 Å². The van der Waals surface area contributed by atoms with E-state index >= 15 is 0 Å². The van der Waals surface area contributed by atoms with E-state index in [9.17, 15) is 0 Å². The Hall–Kier alpha value is -1.30. The first-order valence-electron chi connectivity index (χ1n) is 6.50. The van der Waals surface area contributed by atoms with Crippen LogP contribution in [0.15, 0.2) is 18.2 Å². The van der Waals surface area contributed by atoms with Gasteiger partial charge in [-0.15, -0.1) is 0 Å². The second-order valence-corrected chi connectivity index (χ2v) is 4.47. The summed E-state index contributed by atoms with van der Waals surface area (Å²) in [5, 5.41) is 0. The maximum absolute atomic E-state index is 5.94. The molecule has 1 atom stereocenters. The van der Waals surface area contributed by atoms with Crippen LogP contribution < -0.4 is 15.0 Å². The molecule has 1 fully saturated rings. The zero-order valence-electron chi connectivity index (χ0n) is 11.5. The monoisotopic (exact) mass is 267 g/mol. The standard InChI is InChI=1S/C14H21NO4/c1-16-14-8-11(9-15-17-2)5-6-13(14)19-12-4-3-7-18-10-12/h5-6,8,12,15H,3-4,7,9-10H2,1-2H3. The van der Waals surface area contributed by atoms with E-state index in [1.807, 2.05) is 18.2 Å². The Balaban J connectivity index is 2.02. The lowest BCUT2D eigenvalue weighted by molar-refractivity contribution is 0.00642. The summed E-state index contributed by atoms with van der Waals surface area (Å²) in [4.78, 5) is 4.83. The van der Waals surface area contributed by atoms with E-state index in [0.29, 0.717) is 13.2 Å². The summed E-state index contributed by atoms with van der Waals surface area (Å²) in [6.45, 7) is 2.11. The lowest BCUT2D eigenvalue weighted by Gasteiger charge is -2.24. The smallest absolute Gasteiger partial charge is 0.161 e. The van der Waals surface area contributed by atoms with Gasteiger partial charge in [-0.2, -0.15) is 5.48 Å². The molecule has 0 amide bonds. The first-order chi connectivity index (χ1) is 9.33. The molecule has 1 aromatic carbocycles. The van der Waals surface area contributed by atoms with Gasteiger partial charge in [0.2, 0.25) is 0 Å². The van der Waals surface area contributed by atoms with Crippen molar-refractivity contribution >= 4 is 0 Å². The molecule has 1 heterocycles. The quantitative estimate of drug-likeness (QED) is 0.798. The molecule has 19 heavy (non-hydrogen) atoms. The third-order valence-electron chi connectivity index (χ3n) is 3.06. The van der Waals surface area contributed by atoms with E-state index in [2.05, 4.69) is 5.48 Å². The Kier molecular flexibility index (Phi) is 5.44. The molecule has 1 saturated heterocycles. The fourth-order valence-corrected chi connectivity index (χ4v) is 2.06. The molecule has 106 valence electrons. The summed E-state index contributed by atoms with van der Waals surface area (Å²) in [7, 11) is 3.24. The van der Waals surface area contributed by atoms with Crippen molar-refractivity contribution in [2.75, 3.05) is 27.4 Å². The molecule has 5 nitrogen and oxygen atoms in total. The van der Waals surface area contributed by atoms with Crippen LogP contribution in [0, 0.1) is 0 Å². The number of methoxy groups -OCH3 is 1. The summed E-state index contributed by atoms with van der Waals surface area (Å²) in [5.74, 6) is 1.50. The normalized spacial score (nSPS) is 19.2. The molecule has 0 aliphatic carbocycles. The lowest BCUT2D eigenvalue weighted by atomic mass is 10.1. The second-order valence-electron chi connectivity index (χ2n) is 4.47. The van der Waals surface area contributed by atoms with Gasteiger partial charge in [0.15, 0.2) is 11.5 Å². The Morgan fingerprint density at radius 2 is 2.21 bits per heavy atom. The van der Waals surface area contributed by atoms with Crippen LogP contribution in [-0.4, -0.2) is 33.5 Å². The van der Waals surface area contributed by atoms with E-state index in [-0.39, 0.29) is 6.10 Å². The van der Waals surface area contributed by atoms with Crippen LogP contribution in [0.25, 0.3) is 0 Å². The summed E-state index contributed by atoms with van der Waals surface area (Å²) >= 11 is 0. The van der Waals surface area contributed by atoms with E-state index < -0.39 is 0 Å². The number of ether oxygens (including phenoxy) is 3. The minimum Gasteiger partial charge on any atom is -0.493 e. The SMILES string of the molecule is CONCc1ccc(OC2CCCOC2)c(OC)c1. The van der Waals surface area contributed by atoms with Crippen molar-refractivity contribution in [3.8, 4) is 11.5 Å². The molecule has 1 unspecified atom stereocenters. The van der Waals surface area contributed by atoms with Gasteiger partial charge in [0, 0.05) is 13.2 Å². The third-order valence-corrected chi connectivity index (χ3v) is 3.06. The Labute approximate surface area is 113 Å². The van der Waals surface area contributed by atoms with Crippen LogP contribution in [0.3, 0.4) is 0 Å². The van der Waals surface area contributed by atoms with Gasteiger partial charge < -0.3 is 19.0 Å². The van der Waals surface area contributed by atoms with Crippen LogP contribution in [-0.2, 0) is 16.1 Å². The zero-order valence-corrected chi connectivity index (χ0v) is 11.5. The summed E-state index contributed by atoms with van der Waals surface area (Å²) in [5.41, 5.74) is 3.88. The Bertz CT molecular complexity index is 391. The van der Waals surface area contributed by atoms with Gasteiger partial charge >= 0.3 is 0 Å². The summed E-state index contributed by atoms with van der Waals surface area (Å²) in [6.07, 6.45) is 2.18. The number of rotatable bonds is 6. The predicted molar refractivity (Wildman–Crippen MR) is 71.3 cm³/mol. The van der Waals surface area contributed by atoms with Gasteiger partial charge in [-0.25, -0.2) is 0 Å². The van der Waals surface area contributed by atoms with Gasteiger partial charge in [0.25, 0.3) is 0 Å². The molecule has 5 heteroatoms. The number of hydrogen-bond donors (Lipinski definition) is 1. The van der Waals surface area contributed by atoms with Crippen molar-refractivity contribution in [3.05, 3.63) is 23.8 Å². The second kappa shape index (κ2) is 7.33. The van der Waals surface area contributed by atoms with Crippen LogP contribution in [0.1, 0.15) is 18.4 Å². The van der Waals surface area contributed by atoms with Crippen LogP contribution >= 0.6 is 0 Å². The number of hydrogen-bond acceptors (Lipinski definition) is 5. The minimum absolute atomic E-state index is 0.116. The molecule has 0 spiro atoms. The van der Waals surface area contributed by atoms with Crippen LogP contribution in [0.4, 0.5) is 0 Å². The fraction of sp³-hybridized carbons (Fsp3) is 0.571. The van der Waals surface area contributed by atoms with Gasteiger partial charge in [-0.05, 0) is 30.5 Å². The first-order valence-corrected chi connectivity index (χ1v) is 6.50. The highest BCUT2D eigenvalue weighted by Gasteiger charge is 2.17. The average molecular weight is 267 g/mol. The molecule has 0 radical (unpaired) electrons. The maximum atomic E-state index is 5.94. The molecule has 2 rings (SSSR count). The molecule has 1 aliphatic rings. The predicted octanol–water partition coefficient (Wildman–Crippen LogP) is 1.90. The van der Waals surface area contributed by atoms with Crippen LogP contribution in [0.2, 0.25) is 0 Å². The molecular formula is C14H21NO4. The molecular weight excluding hydrogens is 246 g/mol. The molecule has 0 saturated carbocycles. The highest BCUT2D eigenvalue weighted by molar-refractivity contribution is 5.43. The number of benzene rings is 1. The van der Waals surface area contributed by atoms with Gasteiger partial charge in [0.05, 0.1) is 20.8 Å². The largest absolute Gasteiger partial charge is 0.493 e. The molecule has 1 aliphatic heterocycles. The Morgan fingerprint density at radius 1 is 1.32 bits per heavy atom. The Morgan fingerprint density at radius 3 is 2.89 bits per heavy atom. The summed E-state index contributed by atoms with van der Waals surface area (Å²) in [6, 6.07) is 5.87. The molecule has 0 bridgehead atoms. The van der Waals surface area contributed by atoms with Crippen molar-refractivity contribution in [2.45, 2.75) is 25.5 Å². The van der Waals surface area contributed by atoms with Crippen molar-refractivity contribution in [3.63, 3.8) is 0 Å². The van der Waals surface area contributed by atoms with Gasteiger partial charge in [0.1, 0.15) is 6.10 Å². The van der Waals surface area contributed by atoms with E-state index in [4.69, 9.17) is 19.0 Å². The average Bonchev–Trinajstić information content (AvgIpc) is 2.47. The molecule has 0 aromatic heterocycles. The highest BCUT2D eigenvalue weighted by Crippen LogP contribution is 2.30. The maximum Gasteiger partial charge on any atom is 0.161 e. The molecule has 1 aromatic rings. The minimum atomic E-state index is 0.116. The van der Waals surface area contributed by atoms with Crippen molar-refractivity contribution < 1.29 is 19.0 Å². The third kappa shape index (κ3) is 4.09. The lowest BCUT2D eigenvalue weighted by Crippen LogP contribution is -2.28. The van der Waals surface area contributed by atoms with Crippen molar-refractivity contribution in [2.24, 2.45) is 0 Å². The van der Waals surface area contributed by atoms with Crippen LogP contribution in [0.5, 0.6) is 11.5 Å². The fourth-order valence-electron chi connectivity index (χ4n) is 2.06. The van der Waals surface area contributed by atoms with Crippen molar-refractivity contribution in [1.82, 2.24) is 5.48 Å². The first kappa shape index (κ1) is 14.1. The number of hydroxylamine groups is 1. The van der Waals surface area contributed by atoms with Gasteiger partial charge in [-0.1, -0.05) is 6.07 Å². The van der Waals surface area contributed by atoms with Crippen molar-refractivity contribution in [1.29, 1.82) is 0 Å². The number of nitrogens with one attached hydrogen (secondary N) is 1. The molecule has 1 N–H and O–H groups in total. The topological polar surface area (TPSA) is 49.0 Å². The van der Waals surface area contributed by atoms with E-state index in [1.165, 1.54) is 0 Å².